The minimum atomic E-state index is -0.988. The van der Waals surface area contributed by atoms with Crippen LogP contribution >= 0.6 is 11.3 Å². The van der Waals surface area contributed by atoms with Crippen molar-refractivity contribution in [1.29, 1.82) is 0 Å². The van der Waals surface area contributed by atoms with Gasteiger partial charge in [0, 0.05) is 41.5 Å². The number of hydrogen-bond donors (Lipinski definition) is 2. The molecule has 0 bridgehead atoms. The third kappa shape index (κ3) is 5.76. The van der Waals surface area contributed by atoms with Crippen molar-refractivity contribution in [3.63, 3.8) is 0 Å². The fourth-order valence-electron chi connectivity index (χ4n) is 5.60. The highest BCUT2D eigenvalue weighted by molar-refractivity contribution is 7.08. The summed E-state index contributed by atoms with van der Waals surface area (Å²) in [5, 5.41) is 21.3. The zero-order valence-corrected chi connectivity index (χ0v) is 24.7. The SMILES string of the molecule is COc1ccc(C(c2ccc(OC)cc2)n2nc(-c3ccsc3)c3c2-c2cc(CNC(=O)CCC(=O)O)ccc2C3)cc1. The van der Waals surface area contributed by atoms with E-state index < -0.39 is 5.97 Å². The van der Waals surface area contributed by atoms with E-state index in [9.17, 15) is 9.59 Å². The van der Waals surface area contributed by atoms with E-state index in [0.717, 1.165) is 57.1 Å². The molecule has 0 aliphatic heterocycles. The first kappa shape index (κ1) is 28.2. The van der Waals surface area contributed by atoms with Gasteiger partial charge in [-0.2, -0.15) is 16.4 Å². The van der Waals surface area contributed by atoms with Gasteiger partial charge in [-0.3, -0.25) is 14.3 Å². The Morgan fingerprint density at radius 3 is 2.21 bits per heavy atom. The Morgan fingerprint density at radius 2 is 1.63 bits per heavy atom. The summed E-state index contributed by atoms with van der Waals surface area (Å²) >= 11 is 1.65. The number of carboxylic acid groups (broad SMARTS) is 1. The summed E-state index contributed by atoms with van der Waals surface area (Å²) in [6.45, 7) is 0.312. The number of nitrogens with one attached hydrogen (secondary N) is 1. The highest BCUT2D eigenvalue weighted by Crippen LogP contribution is 2.45. The first-order valence-corrected chi connectivity index (χ1v) is 14.9. The molecule has 0 spiro atoms. The lowest BCUT2D eigenvalue weighted by Crippen LogP contribution is -2.23. The molecule has 8 nitrogen and oxygen atoms in total. The molecule has 0 radical (unpaired) electrons. The van der Waals surface area contributed by atoms with E-state index in [-0.39, 0.29) is 24.8 Å². The first-order chi connectivity index (χ1) is 20.9. The van der Waals surface area contributed by atoms with Crippen molar-refractivity contribution in [2.45, 2.75) is 31.8 Å². The topological polar surface area (TPSA) is 103 Å². The maximum Gasteiger partial charge on any atom is 0.303 e. The molecule has 1 aliphatic carbocycles. The second-order valence-electron chi connectivity index (χ2n) is 10.4. The van der Waals surface area contributed by atoms with Crippen molar-refractivity contribution in [3.05, 3.63) is 111 Å². The highest BCUT2D eigenvalue weighted by Gasteiger charge is 2.32. The van der Waals surface area contributed by atoms with E-state index in [1.165, 1.54) is 11.1 Å². The third-order valence-electron chi connectivity index (χ3n) is 7.76. The van der Waals surface area contributed by atoms with Gasteiger partial charge in [-0.25, -0.2) is 0 Å². The van der Waals surface area contributed by atoms with Gasteiger partial charge in [-0.1, -0.05) is 36.4 Å². The number of benzene rings is 3. The van der Waals surface area contributed by atoms with Crippen molar-refractivity contribution in [2.75, 3.05) is 14.2 Å². The Kier molecular flexibility index (Phi) is 7.98. The summed E-state index contributed by atoms with van der Waals surface area (Å²) in [6, 6.07) is 24.3. The molecule has 2 aromatic heterocycles. The number of aromatic nitrogens is 2. The van der Waals surface area contributed by atoms with Crippen LogP contribution in [0.5, 0.6) is 11.5 Å². The molecule has 1 amide bonds. The number of carbonyl (C=O) groups is 2. The van der Waals surface area contributed by atoms with E-state index in [4.69, 9.17) is 19.7 Å². The lowest BCUT2D eigenvalue weighted by molar-refractivity contribution is -0.138. The number of methoxy groups -OCH3 is 2. The first-order valence-electron chi connectivity index (χ1n) is 14.0. The molecule has 9 heteroatoms. The van der Waals surface area contributed by atoms with E-state index in [0.29, 0.717) is 6.54 Å². The highest BCUT2D eigenvalue weighted by atomic mass is 32.1. The average Bonchev–Trinajstić information content (AvgIpc) is 3.77. The number of carbonyl (C=O) groups excluding carboxylic acids is 1. The summed E-state index contributed by atoms with van der Waals surface area (Å²) in [6.07, 6.45) is 0.508. The lowest BCUT2D eigenvalue weighted by atomic mass is 9.97. The molecule has 1 aliphatic rings. The smallest absolute Gasteiger partial charge is 0.303 e. The molecule has 0 saturated carbocycles. The van der Waals surface area contributed by atoms with Crippen LogP contribution in [0.4, 0.5) is 0 Å². The number of aliphatic carboxylic acids is 1. The molecule has 3 aromatic carbocycles. The molecule has 5 aromatic rings. The van der Waals surface area contributed by atoms with Gasteiger partial charge < -0.3 is 19.9 Å². The molecule has 2 N–H and O–H groups in total. The molecule has 0 saturated heterocycles. The molecule has 2 heterocycles. The molecule has 0 atom stereocenters. The van der Waals surface area contributed by atoms with Crippen molar-refractivity contribution in [2.24, 2.45) is 0 Å². The van der Waals surface area contributed by atoms with Crippen LogP contribution < -0.4 is 14.8 Å². The minimum absolute atomic E-state index is 0.0490. The fraction of sp³-hybridized carbons (Fsp3) is 0.206. The zero-order chi connectivity index (χ0) is 29.9. The molecule has 0 fully saturated rings. The number of thiophene rings is 1. The molecular weight excluding hydrogens is 562 g/mol. The van der Waals surface area contributed by atoms with E-state index >= 15 is 0 Å². The zero-order valence-electron chi connectivity index (χ0n) is 23.9. The third-order valence-corrected chi connectivity index (χ3v) is 8.45. The second-order valence-corrected chi connectivity index (χ2v) is 11.2. The van der Waals surface area contributed by atoms with Crippen LogP contribution in [0.3, 0.4) is 0 Å². The number of rotatable bonds is 11. The van der Waals surface area contributed by atoms with Crippen molar-refractivity contribution in [1.82, 2.24) is 15.1 Å². The number of amides is 1. The van der Waals surface area contributed by atoms with Gasteiger partial charge in [0.1, 0.15) is 17.5 Å². The minimum Gasteiger partial charge on any atom is -0.497 e. The monoisotopic (exact) mass is 593 g/mol. The van der Waals surface area contributed by atoms with Crippen molar-refractivity contribution in [3.8, 4) is 34.0 Å². The van der Waals surface area contributed by atoms with Crippen LogP contribution in [0.1, 0.15) is 46.7 Å². The standard InChI is InChI=1S/C34H31N3O5S/c1-41-26-9-5-22(6-10-26)33(23-7-11-27(42-2)12-8-23)37-34-28-17-21(19-35-30(38)13-14-31(39)40)3-4-24(28)18-29(34)32(36-37)25-15-16-43-20-25/h3-12,15-17,20,33H,13-14,18-19H2,1-2H3,(H,35,38)(H,39,40). The predicted octanol–water partition coefficient (Wildman–Crippen LogP) is 6.32. The second kappa shape index (κ2) is 12.1. The van der Waals surface area contributed by atoms with E-state index in [2.05, 4.69) is 63.2 Å². The Balaban J connectivity index is 1.46. The van der Waals surface area contributed by atoms with Gasteiger partial charge in [0.2, 0.25) is 5.91 Å². The van der Waals surface area contributed by atoms with E-state index in [1.54, 1.807) is 25.6 Å². The van der Waals surface area contributed by atoms with Gasteiger partial charge in [-0.05, 0) is 64.0 Å². The summed E-state index contributed by atoms with van der Waals surface area (Å²) in [4.78, 5) is 23.1. The van der Waals surface area contributed by atoms with Gasteiger partial charge in [0.25, 0.3) is 0 Å². The summed E-state index contributed by atoms with van der Waals surface area (Å²) in [5.41, 5.74) is 9.59. The van der Waals surface area contributed by atoms with Gasteiger partial charge in [0.15, 0.2) is 0 Å². The van der Waals surface area contributed by atoms with Crippen LogP contribution in [0.2, 0.25) is 0 Å². The summed E-state index contributed by atoms with van der Waals surface area (Å²) in [5.74, 6) is 0.287. The molecular formula is C34H31N3O5S. The number of carboxylic acids is 1. The number of hydrogen-bond acceptors (Lipinski definition) is 6. The Morgan fingerprint density at radius 1 is 0.953 bits per heavy atom. The normalized spacial score (nSPS) is 11.7. The van der Waals surface area contributed by atoms with Crippen LogP contribution in [0.15, 0.2) is 83.6 Å². The maximum atomic E-state index is 12.2. The number of fused-ring (bicyclic) bond motifs is 3. The predicted molar refractivity (Wildman–Crippen MR) is 166 cm³/mol. The van der Waals surface area contributed by atoms with Crippen LogP contribution in [0.25, 0.3) is 22.5 Å². The van der Waals surface area contributed by atoms with Crippen LogP contribution in [-0.4, -0.2) is 41.0 Å². The lowest BCUT2D eigenvalue weighted by Gasteiger charge is -2.22. The molecule has 43 heavy (non-hydrogen) atoms. The van der Waals surface area contributed by atoms with Crippen molar-refractivity contribution < 1.29 is 24.2 Å². The average molecular weight is 594 g/mol. The van der Waals surface area contributed by atoms with E-state index in [1.807, 2.05) is 30.3 Å². The quantitative estimate of drug-likeness (QED) is 0.182. The van der Waals surface area contributed by atoms with Gasteiger partial charge in [0.05, 0.1) is 32.0 Å². The number of ether oxygens (including phenoxy) is 2. The Hall–Kier alpha value is -4.89. The van der Waals surface area contributed by atoms with Crippen molar-refractivity contribution >= 4 is 23.2 Å². The summed E-state index contributed by atoms with van der Waals surface area (Å²) < 4.78 is 13.0. The van der Waals surface area contributed by atoms with Crippen LogP contribution in [0, 0.1) is 0 Å². The number of nitrogens with zero attached hydrogens (tertiary/aromatic N) is 2. The Labute approximate surface area is 253 Å². The van der Waals surface area contributed by atoms with Gasteiger partial charge >= 0.3 is 5.97 Å². The maximum absolute atomic E-state index is 12.2. The van der Waals surface area contributed by atoms with Gasteiger partial charge in [-0.15, -0.1) is 0 Å². The largest absolute Gasteiger partial charge is 0.497 e. The molecule has 218 valence electrons. The fourth-order valence-corrected chi connectivity index (χ4v) is 6.24. The molecule has 0 unspecified atom stereocenters. The molecule has 6 rings (SSSR count). The summed E-state index contributed by atoms with van der Waals surface area (Å²) in [7, 11) is 3.32. The van der Waals surface area contributed by atoms with Crippen LogP contribution in [-0.2, 0) is 22.6 Å². The Bertz CT molecular complexity index is 1710.